The van der Waals surface area contributed by atoms with Crippen molar-refractivity contribution >= 4 is 12.1 Å². The van der Waals surface area contributed by atoms with E-state index >= 15 is 0 Å². The van der Waals surface area contributed by atoms with Crippen molar-refractivity contribution in [3.8, 4) is 6.07 Å². The van der Waals surface area contributed by atoms with E-state index in [1.807, 2.05) is 6.07 Å². The zero-order valence-electron chi connectivity index (χ0n) is 4.05. The molecule has 0 aromatic rings. The van der Waals surface area contributed by atoms with Gasteiger partial charge in [0.05, 0.1) is 6.07 Å². The van der Waals surface area contributed by atoms with Crippen LogP contribution >= 0.6 is 0 Å². The van der Waals surface area contributed by atoms with E-state index in [1.165, 1.54) is 6.21 Å². The van der Waals surface area contributed by atoms with Crippen LogP contribution in [0.25, 0.3) is 0 Å². The predicted octanol–water partition coefficient (Wildman–Crippen LogP) is -0.308. The Hall–Kier alpha value is -1.37. The normalized spacial score (nSPS) is 24.9. The molecule has 4 heteroatoms. The minimum absolute atomic E-state index is 0.160. The second kappa shape index (κ2) is 1.62. The monoisotopic (exact) mass is 108 g/mol. The summed E-state index contributed by atoms with van der Waals surface area (Å²) in [6, 6.07) is 1.88. The number of nitrogens with zero attached hydrogens (tertiary/aromatic N) is 2. The molecule has 0 aromatic carbocycles. The Morgan fingerprint density at radius 1 is 2.00 bits per heavy atom. The lowest BCUT2D eigenvalue weighted by Crippen LogP contribution is -2.16. The zero-order chi connectivity index (χ0) is 5.98. The second-order valence-corrected chi connectivity index (χ2v) is 1.41. The Morgan fingerprint density at radius 3 is 3.00 bits per heavy atom. The molecule has 1 atom stereocenters. The van der Waals surface area contributed by atoms with Gasteiger partial charge in [0.25, 0.3) is 0 Å². The number of amidine groups is 1. The molecular weight excluding hydrogens is 104 g/mol. The molecule has 0 aliphatic carbocycles. The molecule has 0 amide bonds. The molecule has 1 aliphatic heterocycles. The SMILES string of the molecule is N#CC1C=NNC1=N. The van der Waals surface area contributed by atoms with Gasteiger partial charge in [-0.05, 0) is 0 Å². The summed E-state index contributed by atoms with van der Waals surface area (Å²) in [6.45, 7) is 0. The van der Waals surface area contributed by atoms with Gasteiger partial charge in [-0.15, -0.1) is 0 Å². The summed E-state index contributed by atoms with van der Waals surface area (Å²) < 4.78 is 0. The van der Waals surface area contributed by atoms with E-state index in [2.05, 4.69) is 10.5 Å². The van der Waals surface area contributed by atoms with Crippen LogP contribution < -0.4 is 5.43 Å². The van der Waals surface area contributed by atoms with E-state index in [1.54, 1.807) is 0 Å². The fourth-order valence-electron chi connectivity index (χ4n) is 0.423. The van der Waals surface area contributed by atoms with Gasteiger partial charge in [-0.1, -0.05) is 0 Å². The van der Waals surface area contributed by atoms with Gasteiger partial charge in [0, 0.05) is 6.21 Å². The highest BCUT2D eigenvalue weighted by atomic mass is 15.3. The van der Waals surface area contributed by atoms with Crippen molar-refractivity contribution in [3.63, 3.8) is 0 Å². The fraction of sp³-hybridized carbons (Fsp3) is 0.250. The number of hydrazone groups is 1. The molecule has 0 spiro atoms. The molecule has 0 fully saturated rings. The summed E-state index contributed by atoms with van der Waals surface area (Å²) in [7, 11) is 0. The molecule has 1 unspecified atom stereocenters. The van der Waals surface area contributed by atoms with Gasteiger partial charge in [-0.25, -0.2) is 0 Å². The number of nitrogens with one attached hydrogen (secondary N) is 2. The third kappa shape index (κ3) is 0.540. The maximum absolute atomic E-state index is 8.21. The van der Waals surface area contributed by atoms with Crippen LogP contribution in [0.3, 0.4) is 0 Å². The average Bonchev–Trinajstić information content (AvgIpc) is 2.14. The molecule has 0 saturated carbocycles. The molecule has 1 rings (SSSR count). The van der Waals surface area contributed by atoms with Crippen molar-refractivity contribution in [2.45, 2.75) is 0 Å². The van der Waals surface area contributed by atoms with Crippen LogP contribution in [0, 0.1) is 22.7 Å². The molecule has 0 radical (unpaired) electrons. The van der Waals surface area contributed by atoms with Crippen molar-refractivity contribution in [2.75, 3.05) is 0 Å². The van der Waals surface area contributed by atoms with Crippen LogP contribution in [0.4, 0.5) is 0 Å². The van der Waals surface area contributed by atoms with Gasteiger partial charge in [-0.3, -0.25) is 10.8 Å². The molecule has 1 aliphatic rings. The summed E-state index contributed by atoms with van der Waals surface area (Å²) in [4.78, 5) is 0. The average molecular weight is 108 g/mol. The van der Waals surface area contributed by atoms with E-state index in [4.69, 9.17) is 10.7 Å². The van der Waals surface area contributed by atoms with Gasteiger partial charge in [-0.2, -0.15) is 10.4 Å². The second-order valence-electron chi connectivity index (χ2n) is 1.41. The van der Waals surface area contributed by atoms with Gasteiger partial charge in [0.2, 0.25) is 0 Å². The van der Waals surface area contributed by atoms with Crippen molar-refractivity contribution in [2.24, 2.45) is 11.0 Å². The fourth-order valence-corrected chi connectivity index (χ4v) is 0.423. The topological polar surface area (TPSA) is 72.0 Å². The van der Waals surface area contributed by atoms with Gasteiger partial charge >= 0.3 is 0 Å². The van der Waals surface area contributed by atoms with E-state index in [-0.39, 0.29) is 5.84 Å². The molecule has 0 saturated heterocycles. The Morgan fingerprint density at radius 2 is 2.75 bits per heavy atom. The molecule has 0 bridgehead atoms. The van der Waals surface area contributed by atoms with Crippen molar-refractivity contribution in [1.82, 2.24) is 5.43 Å². The third-order valence-electron chi connectivity index (χ3n) is 0.859. The summed E-state index contributed by atoms with van der Waals surface area (Å²) in [5.41, 5.74) is 2.35. The van der Waals surface area contributed by atoms with Crippen molar-refractivity contribution < 1.29 is 0 Å². The first-order valence-electron chi connectivity index (χ1n) is 2.12. The number of rotatable bonds is 0. The van der Waals surface area contributed by atoms with Crippen molar-refractivity contribution in [3.05, 3.63) is 0 Å². The summed E-state index contributed by atoms with van der Waals surface area (Å²) in [5.74, 6) is -0.289. The highest BCUT2D eigenvalue weighted by Crippen LogP contribution is 1.95. The van der Waals surface area contributed by atoms with Crippen LogP contribution in [0.5, 0.6) is 0 Å². The number of hydrogen-bond donors (Lipinski definition) is 2. The van der Waals surface area contributed by atoms with Gasteiger partial charge in [0.1, 0.15) is 11.8 Å². The summed E-state index contributed by atoms with van der Waals surface area (Å²) in [5, 5.41) is 18.7. The van der Waals surface area contributed by atoms with Gasteiger partial charge < -0.3 is 0 Å². The highest BCUT2D eigenvalue weighted by molar-refractivity contribution is 6.01. The number of hydrogen-bond acceptors (Lipinski definition) is 3. The first kappa shape index (κ1) is 4.78. The molecule has 8 heavy (non-hydrogen) atoms. The van der Waals surface area contributed by atoms with E-state index in [0.717, 1.165) is 0 Å². The van der Waals surface area contributed by atoms with E-state index < -0.39 is 5.92 Å². The Kier molecular flexibility index (Phi) is 0.968. The quantitative estimate of drug-likeness (QED) is 0.447. The molecule has 1 heterocycles. The van der Waals surface area contributed by atoms with E-state index in [9.17, 15) is 0 Å². The van der Waals surface area contributed by atoms with Crippen molar-refractivity contribution in [1.29, 1.82) is 10.7 Å². The minimum Gasteiger partial charge on any atom is -0.286 e. The molecule has 0 aromatic heterocycles. The molecular formula is C4H4N4. The lowest BCUT2D eigenvalue weighted by Gasteiger charge is -1.90. The number of nitriles is 1. The largest absolute Gasteiger partial charge is 0.286 e. The predicted molar refractivity (Wildman–Crippen MR) is 28.5 cm³/mol. The lowest BCUT2D eigenvalue weighted by molar-refractivity contribution is 1.02. The molecule has 2 N–H and O–H groups in total. The summed E-state index contributed by atoms with van der Waals surface area (Å²) >= 11 is 0. The minimum atomic E-state index is -0.449. The Bertz CT molecular complexity index is 175. The first-order chi connectivity index (χ1) is 3.84. The zero-order valence-corrected chi connectivity index (χ0v) is 4.05. The van der Waals surface area contributed by atoms with Crippen LogP contribution in [0.15, 0.2) is 5.10 Å². The van der Waals surface area contributed by atoms with Crippen LogP contribution in [0.2, 0.25) is 0 Å². The molecule has 4 nitrogen and oxygen atoms in total. The maximum Gasteiger partial charge on any atom is 0.142 e. The van der Waals surface area contributed by atoms with Crippen LogP contribution in [0.1, 0.15) is 0 Å². The first-order valence-corrected chi connectivity index (χ1v) is 2.12. The van der Waals surface area contributed by atoms with E-state index in [0.29, 0.717) is 0 Å². The summed E-state index contributed by atoms with van der Waals surface area (Å²) in [6.07, 6.45) is 1.41. The smallest absolute Gasteiger partial charge is 0.142 e. The third-order valence-corrected chi connectivity index (χ3v) is 0.859. The Labute approximate surface area is 46.3 Å². The maximum atomic E-state index is 8.21. The standard InChI is InChI=1S/C4H4N4/c5-1-3-2-7-8-4(3)6/h2-3H,(H2,6,8). The van der Waals surface area contributed by atoms with Gasteiger partial charge in [0.15, 0.2) is 0 Å². The van der Waals surface area contributed by atoms with Crippen LogP contribution in [-0.2, 0) is 0 Å². The lowest BCUT2D eigenvalue weighted by atomic mass is 10.2. The Balaban J connectivity index is 2.71. The highest BCUT2D eigenvalue weighted by Gasteiger charge is 2.14. The molecule has 40 valence electrons. The van der Waals surface area contributed by atoms with Crippen LogP contribution in [-0.4, -0.2) is 12.1 Å².